The number of carbonyl (C=O) groups is 1. The van der Waals surface area contributed by atoms with Gasteiger partial charge in [0, 0.05) is 24.5 Å². The van der Waals surface area contributed by atoms with Crippen LogP contribution in [0.1, 0.15) is 32.6 Å². The van der Waals surface area contributed by atoms with Crippen molar-refractivity contribution >= 4 is 35.1 Å². The van der Waals surface area contributed by atoms with Crippen molar-refractivity contribution in [2.24, 2.45) is 0 Å². The molecule has 1 fully saturated rings. The minimum atomic E-state index is -3.96. The van der Waals surface area contributed by atoms with Gasteiger partial charge in [-0.1, -0.05) is 34.9 Å². The van der Waals surface area contributed by atoms with Crippen molar-refractivity contribution in [2.45, 2.75) is 32.6 Å². The van der Waals surface area contributed by atoms with Gasteiger partial charge in [-0.05, 0) is 12.8 Å². The summed E-state index contributed by atoms with van der Waals surface area (Å²) in [6, 6.07) is 0. The number of rotatable bonds is 6. The third-order valence-electron chi connectivity index (χ3n) is 2.02. The van der Waals surface area contributed by atoms with Gasteiger partial charge in [0.25, 0.3) is 0 Å². The average molecular weight is 341 g/mol. The molecule has 0 aromatic heterocycles. The van der Waals surface area contributed by atoms with E-state index in [9.17, 15) is 9.36 Å². The van der Waals surface area contributed by atoms with Crippen LogP contribution in [-0.4, -0.2) is 39.9 Å². The molecule has 0 radical (unpaired) electrons. The maximum atomic E-state index is 10.9. The number of nitrogens with one attached hydrogen (secondary N) is 1. The Morgan fingerprint density at radius 2 is 1.85 bits per heavy atom. The molecule has 0 atom stereocenters. The number of amides is 1. The molecule has 0 bridgehead atoms. The predicted octanol–water partition coefficient (Wildman–Crippen LogP) is 2.49. The summed E-state index contributed by atoms with van der Waals surface area (Å²) in [5.41, 5.74) is 0. The van der Waals surface area contributed by atoms with Crippen LogP contribution in [0.2, 0.25) is 0 Å². The molecule has 1 aliphatic rings. The van der Waals surface area contributed by atoms with Crippen LogP contribution in [0.4, 0.5) is 0 Å². The lowest BCUT2D eigenvalue weighted by atomic mass is 10.2. The molecule has 1 saturated heterocycles. The Morgan fingerprint density at radius 3 is 2.20 bits per heavy atom. The van der Waals surface area contributed by atoms with E-state index in [1.807, 2.05) is 28.5 Å². The third-order valence-corrected chi connectivity index (χ3v) is 5.40. The predicted molar refractivity (Wildman–Crippen MR) is 88.9 cm³/mol. The maximum absolute atomic E-state index is 10.9. The van der Waals surface area contributed by atoms with Gasteiger partial charge in [0.05, 0.1) is 6.16 Å². The van der Waals surface area contributed by atoms with E-state index in [1.165, 1.54) is 17.9 Å². The van der Waals surface area contributed by atoms with E-state index in [1.54, 1.807) is 0 Å². The summed E-state index contributed by atoms with van der Waals surface area (Å²) in [4.78, 5) is 27.9. The maximum Gasteiger partial charge on any atom is 0.327 e. The molecule has 1 heterocycles. The summed E-state index contributed by atoms with van der Waals surface area (Å²) < 4.78 is 10.4. The van der Waals surface area contributed by atoms with Gasteiger partial charge < -0.3 is 15.1 Å². The van der Waals surface area contributed by atoms with E-state index >= 15 is 0 Å². The molecule has 0 unspecified atom stereocenters. The second kappa shape index (κ2) is 15.3. The fourth-order valence-electron chi connectivity index (χ4n) is 1.06. The third kappa shape index (κ3) is 20.2. The zero-order valence-corrected chi connectivity index (χ0v) is 14.3. The minimum absolute atomic E-state index is 0.0484. The van der Waals surface area contributed by atoms with Crippen molar-refractivity contribution in [1.29, 1.82) is 0 Å². The molecule has 0 aromatic carbocycles. The van der Waals surface area contributed by atoms with Gasteiger partial charge in [-0.2, -0.15) is 0 Å². The first-order valence-electron chi connectivity index (χ1n) is 6.34. The zero-order valence-electron chi connectivity index (χ0n) is 11.8. The number of carbonyl (C=O) groups excluding carboxylic acids is 1. The molecule has 20 heavy (non-hydrogen) atoms. The lowest BCUT2D eigenvalue weighted by molar-refractivity contribution is -0.121. The smallest absolute Gasteiger partial charge is 0.327 e. The first kappa shape index (κ1) is 22.2. The van der Waals surface area contributed by atoms with Gasteiger partial charge in [-0.15, -0.1) is 12.8 Å². The fraction of sp³-hybridized carbons (Fsp3) is 0.750. The quantitative estimate of drug-likeness (QED) is 0.391. The minimum Gasteiger partial charge on any atom is -0.355 e. The molecule has 8 heteroatoms. The van der Waals surface area contributed by atoms with Gasteiger partial charge >= 0.3 is 7.60 Å². The van der Waals surface area contributed by atoms with Crippen molar-refractivity contribution in [3.05, 3.63) is 0 Å². The summed E-state index contributed by atoms with van der Waals surface area (Å²) in [5.74, 6) is 2.62. The summed E-state index contributed by atoms with van der Waals surface area (Å²) >= 11 is 0. The van der Waals surface area contributed by atoms with Crippen LogP contribution >= 0.6 is 29.2 Å². The molecule has 118 valence electrons. The van der Waals surface area contributed by atoms with Crippen LogP contribution in [0.5, 0.6) is 0 Å². The SMILES string of the molecule is C#C.C1CSSC1.CCCCC(=O)NCCP(=O)(O)O. The van der Waals surface area contributed by atoms with E-state index < -0.39 is 7.60 Å². The Balaban J connectivity index is 0. The second-order valence-electron chi connectivity index (χ2n) is 3.84. The molecule has 0 aromatic rings. The molecule has 0 spiro atoms. The van der Waals surface area contributed by atoms with Crippen molar-refractivity contribution in [1.82, 2.24) is 5.32 Å². The standard InChI is InChI=1S/C7H16NO4P.C3H6S2.C2H2/c1-2-3-4-7(9)8-5-6-13(10,11)12;1-2-4-5-3-1;1-2/h2-6H2,1H3,(H,8,9)(H2,10,11,12);1-3H2;1-2H. The zero-order chi connectivity index (χ0) is 15.9. The molecule has 5 nitrogen and oxygen atoms in total. The number of unbranched alkanes of at least 4 members (excludes halogenated alkanes) is 1. The van der Waals surface area contributed by atoms with Crippen LogP contribution in [-0.2, 0) is 9.36 Å². The molecular formula is C12H24NO4PS2. The molecule has 3 N–H and O–H groups in total. The highest BCUT2D eigenvalue weighted by Gasteiger charge is 2.12. The van der Waals surface area contributed by atoms with Gasteiger partial charge in [0.2, 0.25) is 5.91 Å². The lowest BCUT2D eigenvalue weighted by Crippen LogP contribution is -2.26. The Kier molecular flexibility index (Phi) is 16.9. The van der Waals surface area contributed by atoms with Crippen LogP contribution in [0.25, 0.3) is 0 Å². The van der Waals surface area contributed by atoms with E-state index in [2.05, 4.69) is 18.2 Å². The van der Waals surface area contributed by atoms with E-state index in [4.69, 9.17) is 9.79 Å². The topological polar surface area (TPSA) is 86.6 Å². The lowest BCUT2D eigenvalue weighted by Gasteiger charge is -2.05. The Labute approximate surface area is 129 Å². The number of hydrogen-bond acceptors (Lipinski definition) is 4. The first-order valence-corrected chi connectivity index (χ1v) is 10.6. The number of hydrogen-bond donors (Lipinski definition) is 3. The van der Waals surface area contributed by atoms with Gasteiger partial charge in [-0.3, -0.25) is 9.36 Å². The van der Waals surface area contributed by atoms with Crippen LogP contribution < -0.4 is 5.32 Å². The molecule has 1 amide bonds. The van der Waals surface area contributed by atoms with Crippen molar-refractivity contribution in [2.75, 3.05) is 24.2 Å². The summed E-state index contributed by atoms with van der Waals surface area (Å²) in [5, 5.41) is 2.44. The summed E-state index contributed by atoms with van der Waals surface area (Å²) in [6.07, 6.45) is 11.3. The van der Waals surface area contributed by atoms with Crippen LogP contribution in [0.3, 0.4) is 0 Å². The van der Waals surface area contributed by atoms with Crippen molar-refractivity contribution in [3.8, 4) is 12.8 Å². The highest BCUT2D eigenvalue weighted by Crippen LogP contribution is 2.32. The molecule has 0 aliphatic carbocycles. The average Bonchev–Trinajstić information content (AvgIpc) is 2.96. The Hall–Kier alpha value is -0.120. The highest BCUT2D eigenvalue weighted by atomic mass is 33.1. The number of terminal acetylenes is 1. The van der Waals surface area contributed by atoms with Gasteiger partial charge in [-0.25, -0.2) is 0 Å². The Bertz CT molecular complexity index is 295. The van der Waals surface area contributed by atoms with Gasteiger partial charge in [0.15, 0.2) is 0 Å². The van der Waals surface area contributed by atoms with Crippen LogP contribution in [0, 0.1) is 12.8 Å². The molecule has 1 rings (SSSR count). The summed E-state index contributed by atoms with van der Waals surface area (Å²) in [7, 11) is 0.0190. The van der Waals surface area contributed by atoms with E-state index in [0.717, 1.165) is 12.8 Å². The van der Waals surface area contributed by atoms with Crippen molar-refractivity contribution < 1.29 is 19.1 Å². The monoisotopic (exact) mass is 341 g/mol. The Morgan fingerprint density at radius 1 is 1.30 bits per heavy atom. The largest absolute Gasteiger partial charge is 0.355 e. The molecular weight excluding hydrogens is 317 g/mol. The van der Waals surface area contributed by atoms with E-state index in [-0.39, 0.29) is 18.6 Å². The molecule has 0 saturated carbocycles. The summed E-state index contributed by atoms with van der Waals surface area (Å²) in [6.45, 7) is 2.02. The molecule has 1 aliphatic heterocycles. The highest BCUT2D eigenvalue weighted by molar-refractivity contribution is 8.77. The normalized spacial score (nSPS) is 13.4. The first-order chi connectivity index (χ1) is 9.45. The van der Waals surface area contributed by atoms with Crippen molar-refractivity contribution in [3.63, 3.8) is 0 Å². The second-order valence-corrected chi connectivity index (χ2v) is 8.32. The van der Waals surface area contributed by atoms with E-state index in [0.29, 0.717) is 6.42 Å². The fourth-order valence-corrected chi connectivity index (χ4v) is 3.82. The van der Waals surface area contributed by atoms with Crippen LogP contribution in [0.15, 0.2) is 0 Å². The van der Waals surface area contributed by atoms with Gasteiger partial charge in [0.1, 0.15) is 0 Å².